The first-order valence-electron chi connectivity index (χ1n) is 6.73. The Kier molecular flexibility index (Phi) is 3.22. The van der Waals surface area contributed by atoms with E-state index < -0.39 is 16.9 Å². The predicted octanol–water partition coefficient (Wildman–Crippen LogP) is 2.13. The van der Waals surface area contributed by atoms with Crippen LogP contribution in [0.15, 0.2) is 12.2 Å². The first-order valence-corrected chi connectivity index (χ1v) is 6.73. The lowest BCUT2D eigenvalue weighted by Crippen LogP contribution is -2.62. The number of hydrogen-bond donors (Lipinski definition) is 1. The summed E-state index contributed by atoms with van der Waals surface area (Å²) in [6.07, 6.45) is 4.47. The monoisotopic (exact) mass is 250 g/mol. The van der Waals surface area contributed by atoms with Crippen molar-refractivity contribution in [3.63, 3.8) is 0 Å². The summed E-state index contributed by atoms with van der Waals surface area (Å²) in [4.78, 5) is 22.6. The molecule has 2 aliphatic rings. The van der Waals surface area contributed by atoms with E-state index in [1.807, 2.05) is 6.92 Å². The molecular weight excluding hydrogens is 228 g/mol. The molecule has 18 heavy (non-hydrogen) atoms. The number of rotatable bonds is 2. The van der Waals surface area contributed by atoms with Gasteiger partial charge in [-0.25, -0.2) is 0 Å². The van der Waals surface area contributed by atoms with Crippen LogP contribution in [-0.4, -0.2) is 23.3 Å². The lowest BCUT2D eigenvalue weighted by atomic mass is 9.48. The van der Waals surface area contributed by atoms with Crippen LogP contribution in [0, 0.1) is 23.2 Å². The van der Waals surface area contributed by atoms with Gasteiger partial charge in [-0.15, -0.1) is 0 Å². The van der Waals surface area contributed by atoms with Crippen molar-refractivity contribution < 1.29 is 14.7 Å². The van der Waals surface area contributed by atoms with Crippen LogP contribution < -0.4 is 0 Å². The van der Waals surface area contributed by atoms with Crippen molar-refractivity contribution in [2.24, 2.45) is 23.2 Å². The van der Waals surface area contributed by atoms with Gasteiger partial charge in [-0.1, -0.05) is 26.0 Å². The van der Waals surface area contributed by atoms with Crippen LogP contribution in [0.3, 0.4) is 0 Å². The molecule has 2 fully saturated rings. The van der Waals surface area contributed by atoms with E-state index in [9.17, 15) is 14.7 Å². The van der Waals surface area contributed by atoms with E-state index >= 15 is 0 Å². The summed E-state index contributed by atoms with van der Waals surface area (Å²) >= 11 is 0. The van der Waals surface area contributed by atoms with Crippen molar-refractivity contribution in [2.75, 3.05) is 0 Å². The summed E-state index contributed by atoms with van der Waals surface area (Å²) in [7, 11) is 0. The van der Waals surface area contributed by atoms with Crippen LogP contribution in [0.25, 0.3) is 0 Å². The van der Waals surface area contributed by atoms with Gasteiger partial charge in [-0.05, 0) is 37.5 Å². The van der Waals surface area contributed by atoms with Crippen molar-refractivity contribution in [1.29, 1.82) is 0 Å². The van der Waals surface area contributed by atoms with Crippen LogP contribution >= 0.6 is 0 Å². The number of hydrogen-bond acceptors (Lipinski definition) is 3. The molecule has 0 aromatic carbocycles. The van der Waals surface area contributed by atoms with Gasteiger partial charge < -0.3 is 14.7 Å². The van der Waals surface area contributed by atoms with Crippen LogP contribution in [0.1, 0.15) is 39.5 Å². The quantitative estimate of drug-likeness (QED) is 0.603. The van der Waals surface area contributed by atoms with Gasteiger partial charge in [0.25, 0.3) is 0 Å². The topological polar surface area (TPSA) is 54.4 Å². The third-order valence-electron chi connectivity index (χ3n) is 5.54. The molecule has 2 saturated carbocycles. The van der Waals surface area contributed by atoms with Gasteiger partial charge in [-0.2, -0.15) is 0 Å². The van der Waals surface area contributed by atoms with Crippen LogP contribution in [0.4, 0.5) is 0 Å². The predicted molar refractivity (Wildman–Crippen MR) is 68.9 cm³/mol. The first-order chi connectivity index (χ1) is 8.40. The van der Waals surface area contributed by atoms with Gasteiger partial charge in [0.1, 0.15) is 11.9 Å². The Morgan fingerprint density at radius 3 is 2.56 bits per heavy atom. The van der Waals surface area contributed by atoms with Crippen molar-refractivity contribution in [1.82, 2.24) is 0 Å². The molecule has 3 nitrogen and oxygen atoms in total. The molecule has 0 aromatic rings. The third kappa shape index (κ3) is 1.53. The summed E-state index contributed by atoms with van der Waals surface area (Å²) in [5.74, 6) is 0.0110. The molecule has 0 bridgehead atoms. The molecule has 2 unspecified atom stereocenters. The fourth-order valence-corrected chi connectivity index (χ4v) is 4.00. The summed E-state index contributed by atoms with van der Waals surface area (Å²) in [6, 6.07) is 0. The van der Waals surface area contributed by atoms with E-state index in [-0.39, 0.29) is 5.92 Å². The molecule has 0 amide bonds. The van der Waals surface area contributed by atoms with E-state index in [1.165, 1.54) is 0 Å². The molecule has 0 radical (unpaired) electrons. The number of carbonyl (C=O) groups excluding carboxylic acids is 2. The highest BCUT2D eigenvalue weighted by Gasteiger charge is 2.60. The number of carbonyl (C=O) groups is 2. The average molecular weight is 250 g/mol. The highest BCUT2D eigenvalue weighted by molar-refractivity contribution is 5.73. The largest absolute Gasteiger partial charge is 0.381 e. The summed E-state index contributed by atoms with van der Waals surface area (Å²) in [6.45, 7) is 8.25. The Balaban J connectivity index is 2.46. The van der Waals surface area contributed by atoms with Crippen LogP contribution in [0.2, 0.25) is 0 Å². The maximum Gasteiger partial charge on any atom is 0.152 e. The zero-order valence-electron chi connectivity index (χ0n) is 11.2. The van der Waals surface area contributed by atoms with Crippen LogP contribution in [-0.2, 0) is 9.59 Å². The highest BCUT2D eigenvalue weighted by atomic mass is 16.3. The second-order valence-electron chi connectivity index (χ2n) is 6.25. The first kappa shape index (κ1) is 13.5. The fourth-order valence-electron chi connectivity index (χ4n) is 4.00. The Labute approximate surface area is 108 Å². The number of aldehydes is 2. The minimum atomic E-state index is -1.53. The van der Waals surface area contributed by atoms with E-state index in [0.29, 0.717) is 18.6 Å². The van der Waals surface area contributed by atoms with Gasteiger partial charge in [0.2, 0.25) is 0 Å². The third-order valence-corrected chi connectivity index (χ3v) is 5.54. The molecule has 0 aromatic heterocycles. The van der Waals surface area contributed by atoms with Gasteiger partial charge in [0.05, 0.1) is 5.92 Å². The lowest BCUT2D eigenvalue weighted by Gasteiger charge is -2.57. The number of aliphatic hydroxyl groups is 1. The summed E-state index contributed by atoms with van der Waals surface area (Å²) in [5, 5.41) is 10.8. The standard InChI is InChI=1S/C15H22O3/c1-10-6-7-14(3)13(11(10)2)5-4-12(8-16)15(14,18)9-17/h8-10,12-13,18H,2,4-7H2,1,3H3/t10-,12+,13?,14-,15?/m0/s1. The summed E-state index contributed by atoms with van der Waals surface area (Å²) < 4.78 is 0. The van der Waals surface area contributed by atoms with Gasteiger partial charge in [0, 0.05) is 5.41 Å². The van der Waals surface area contributed by atoms with E-state index in [2.05, 4.69) is 13.5 Å². The van der Waals surface area contributed by atoms with Crippen molar-refractivity contribution in [3.05, 3.63) is 12.2 Å². The van der Waals surface area contributed by atoms with Gasteiger partial charge in [0.15, 0.2) is 6.29 Å². The Hall–Kier alpha value is -0.960. The van der Waals surface area contributed by atoms with Crippen molar-refractivity contribution in [2.45, 2.75) is 45.1 Å². The molecule has 100 valence electrons. The Bertz CT molecular complexity index is 389. The van der Waals surface area contributed by atoms with E-state index in [0.717, 1.165) is 31.1 Å². The van der Waals surface area contributed by atoms with Crippen molar-refractivity contribution >= 4 is 12.6 Å². The fraction of sp³-hybridized carbons (Fsp3) is 0.733. The second kappa shape index (κ2) is 4.30. The molecule has 2 aliphatic carbocycles. The molecule has 1 N–H and O–H groups in total. The SMILES string of the molecule is C=C1C2CC[C@H](C=O)C(O)(C=O)[C@@]2(C)CC[C@@H]1C. The molecule has 3 heteroatoms. The minimum absolute atomic E-state index is 0.146. The molecule has 0 spiro atoms. The number of allylic oxidation sites excluding steroid dienone is 1. The maximum absolute atomic E-state index is 11.5. The molecule has 2 rings (SSSR count). The van der Waals surface area contributed by atoms with Crippen molar-refractivity contribution in [3.8, 4) is 0 Å². The van der Waals surface area contributed by atoms with E-state index in [4.69, 9.17) is 0 Å². The Morgan fingerprint density at radius 1 is 1.33 bits per heavy atom. The molecular formula is C15H22O3. The normalized spacial score (nSPS) is 48.4. The molecule has 5 atom stereocenters. The molecule has 0 heterocycles. The Morgan fingerprint density at radius 2 is 2.00 bits per heavy atom. The molecule has 0 saturated heterocycles. The maximum atomic E-state index is 11.5. The minimum Gasteiger partial charge on any atom is -0.381 e. The zero-order chi connectivity index (χ0) is 13.6. The van der Waals surface area contributed by atoms with E-state index in [1.54, 1.807) is 0 Å². The average Bonchev–Trinajstić information content (AvgIpc) is 2.37. The van der Waals surface area contributed by atoms with Crippen LogP contribution in [0.5, 0.6) is 0 Å². The highest BCUT2D eigenvalue weighted by Crippen LogP contribution is 2.58. The summed E-state index contributed by atoms with van der Waals surface area (Å²) in [5.41, 5.74) is -0.934. The lowest BCUT2D eigenvalue weighted by molar-refractivity contribution is -0.178. The van der Waals surface area contributed by atoms with Gasteiger partial charge in [-0.3, -0.25) is 0 Å². The molecule has 0 aliphatic heterocycles. The van der Waals surface area contributed by atoms with Gasteiger partial charge >= 0.3 is 0 Å². The smallest absolute Gasteiger partial charge is 0.152 e. The zero-order valence-corrected chi connectivity index (χ0v) is 11.2. The number of fused-ring (bicyclic) bond motifs is 1. The second-order valence-corrected chi connectivity index (χ2v) is 6.25.